The molecule has 2 N–H and O–H groups in total. The van der Waals surface area contributed by atoms with Gasteiger partial charge in [0.05, 0.1) is 5.54 Å². The molecule has 7 heteroatoms. The summed E-state index contributed by atoms with van der Waals surface area (Å²) in [5.41, 5.74) is 15.8. The molecule has 2 aliphatic rings. The van der Waals surface area contributed by atoms with Crippen molar-refractivity contribution in [3.05, 3.63) is 39.2 Å². The normalized spacial score (nSPS) is 28.4. The molecule has 1 aromatic carbocycles. The molecule has 1 saturated carbocycles. The molecule has 2 atom stereocenters. The minimum atomic E-state index is -0.292. The molecule has 104 valence electrons. The quantitative estimate of drug-likeness (QED) is 0.500. The predicted molar refractivity (Wildman–Crippen MR) is 83.4 cm³/mol. The van der Waals surface area contributed by atoms with Gasteiger partial charge in [-0.25, -0.2) is 0 Å². The third-order valence-corrected chi connectivity index (χ3v) is 5.24. The van der Waals surface area contributed by atoms with Crippen LogP contribution < -0.4 is 5.73 Å². The number of azide groups is 1. The van der Waals surface area contributed by atoms with Gasteiger partial charge in [0.2, 0.25) is 0 Å². The molecule has 0 amide bonds. The van der Waals surface area contributed by atoms with Crippen LogP contribution in [0.5, 0.6) is 0 Å². The van der Waals surface area contributed by atoms with Gasteiger partial charge < -0.3 is 5.73 Å². The SMILES string of the molecule is [N-]=[N+]=Nc1cc(Cl)cc([C@]23CCC[C@H]2CSC(N)=N3)c1. The molecule has 1 aliphatic carbocycles. The largest absolute Gasteiger partial charge is 0.379 e. The van der Waals surface area contributed by atoms with Crippen molar-refractivity contribution in [1.82, 2.24) is 0 Å². The minimum absolute atomic E-state index is 0.292. The molecule has 0 aromatic heterocycles. The van der Waals surface area contributed by atoms with E-state index in [1.807, 2.05) is 12.1 Å². The molecule has 0 radical (unpaired) electrons. The zero-order valence-electron chi connectivity index (χ0n) is 10.8. The van der Waals surface area contributed by atoms with Crippen molar-refractivity contribution in [2.24, 2.45) is 21.8 Å². The first-order valence-electron chi connectivity index (χ1n) is 6.48. The number of amidine groups is 1. The van der Waals surface area contributed by atoms with Crippen LogP contribution in [0.25, 0.3) is 10.4 Å². The molecule has 1 fully saturated rings. The zero-order chi connectivity index (χ0) is 14.2. The van der Waals surface area contributed by atoms with E-state index in [-0.39, 0.29) is 5.54 Å². The highest BCUT2D eigenvalue weighted by atomic mass is 35.5. The predicted octanol–water partition coefficient (Wildman–Crippen LogP) is 4.34. The van der Waals surface area contributed by atoms with E-state index in [4.69, 9.17) is 27.9 Å². The number of hydrogen-bond donors (Lipinski definition) is 1. The van der Waals surface area contributed by atoms with Gasteiger partial charge in [-0.05, 0) is 48.1 Å². The summed E-state index contributed by atoms with van der Waals surface area (Å²) in [5, 5.41) is 4.86. The topological polar surface area (TPSA) is 87.1 Å². The first-order valence-corrected chi connectivity index (χ1v) is 7.85. The van der Waals surface area contributed by atoms with Crippen molar-refractivity contribution in [1.29, 1.82) is 0 Å². The van der Waals surface area contributed by atoms with Gasteiger partial charge in [-0.2, -0.15) is 0 Å². The van der Waals surface area contributed by atoms with E-state index >= 15 is 0 Å². The van der Waals surface area contributed by atoms with Gasteiger partial charge in [0, 0.05) is 21.4 Å². The second kappa shape index (κ2) is 5.20. The van der Waals surface area contributed by atoms with E-state index in [9.17, 15) is 0 Å². The Bertz CT molecular complexity index is 625. The Balaban J connectivity index is 2.14. The van der Waals surface area contributed by atoms with Gasteiger partial charge in [-0.3, -0.25) is 4.99 Å². The Morgan fingerprint density at radius 1 is 1.50 bits per heavy atom. The number of hydrogen-bond acceptors (Lipinski definition) is 4. The highest BCUT2D eigenvalue weighted by Gasteiger charge is 2.46. The summed E-state index contributed by atoms with van der Waals surface area (Å²) in [6, 6.07) is 5.47. The minimum Gasteiger partial charge on any atom is -0.379 e. The van der Waals surface area contributed by atoms with E-state index in [1.165, 1.54) is 0 Å². The van der Waals surface area contributed by atoms with Crippen LogP contribution in [0.2, 0.25) is 5.02 Å². The van der Waals surface area contributed by atoms with Crippen LogP contribution in [-0.2, 0) is 5.54 Å². The maximum Gasteiger partial charge on any atom is 0.154 e. The average Bonchev–Trinajstić information content (AvgIpc) is 2.82. The zero-order valence-corrected chi connectivity index (χ0v) is 12.4. The van der Waals surface area contributed by atoms with Gasteiger partial charge in [0.1, 0.15) is 0 Å². The highest BCUT2D eigenvalue weighted by molar-refractivity contribution is 8.13. The number of nitrogens with two attached hydrogens (primary N) is 1. The number of fused-ring (bicyclic) bond motifs is 1. The van der Waals surface area contributed by atoms with Gasteiger partial charge in [-0.1, -0.05) is 34.9 Å². The van der Waals surface area contributed by atoms with Crippen LogP contribution >= 0.6 is 23.4 Å². The van der Waals surface area contributed by atoms with Crippen LogP contribution in [0.1, 0.15) is 24.8 Å². The maximum absolute atomic E-state index is 8.60. The fraction of sp³-hybridized carbons (Fsp3) is 0.462. The van der Waals surface area contributed by atoms with Gasteiger partial charge >= 0.3 is 0 Å². The Labute approximate surface area is 126 Å². The molecular weight excluding hydrogens is 294 g/mol. The average molecular weight is 308 g/mol. The number of aliphatic imine (C=N–C) groups is 1. The summed E-state index contributed by atoms with van der Waals surface area (Å²) in [4.78, 5) is 7.59. The van der Waals surface area contributed by atoms with E-state index < -0.39 is 0 Å². The van der Waals surface area contributed by atoms with E-state index in [0.29, 0.717) is 21.8 Å². The Kier molecular flexibility index (Phi) is 3.54. The fourth-order valence-electron chi connectivity index (χ4n) is 3.22. The lowest BCUT2D eigenvalue weighted by molar-refractivity contribution is 0.356. The molecule has 0 bridgehead atoms. The lowest BCUT2D eigenvalue weighted by Gasteiger charge is -2.36. The standard InChI is InChI=1S/C13H14ClN5S/c14-10-4-9(5-11(6-10)18-19-16)13-3-1-2-8(13)7-20-12(15)17-13/h4-6,8H,1-3,7H2,(H2,15,17)/t8-,13-/m0/s1. The molecule has 0 unspecified atom stereocenters. The molecule has 20 heavy (non-hydrogen) atoms. The van der Waals surface area contributed by atoms with Crippen molar-refractivity contribution in [3.63, 3.8) is 0 Å². The molecule has 5 nitrogen and oxygen atoms in total. The molecule has 0 spiro atoms. The lowest BCUT2D eigenvalue weighted by atomic mass is 9.81. The Morgan fingerprint density at radius 2 is 2.35 bits per heavy atom. The summed E-state index contributed by atoms with van der Waals surface area (Å²) < 4.78 is 0. The summed E-state index contributed by atoms with van der Waals surface area (Å²) >= 11 is 7.78. The number of nitrogens with zero attached hydrogens (tertiary/aromatic N) is 4. The number of halogens is 1. The molecule has 1 aliphatic heterocycles. The number of thioether (sulfide) groups is 1. The molecule has 0 saturated heterocycles. The monoisotopic (exact) mass is 307 g/mol. The first-order chi connectivity index (χ1) is 9.64. The molecule has 3 rings (SSSR count). The van der Waals surface area contributed by atoms with Crippen LogP contribution in [0.15, 0.2) is 28.3 Å². The summed E-state index contributed by atoms with van der Waals surface area (Å²) in [6.45, 7) is 0. The van der Waals surface area contributed by atoms with Crippen LogP contribution in [0, 0.1) is 5.92 Å². The van der Waals surface area contributed by atoms with Crippen molar-refractivity contribution < 1.29 is 0 Å². The maximum atomic E-state index is 8.60. The number of rotatable bonds is 2. The fourth-order valence-corrected chi connectivity index (χ4v) is 4.49. The van der Waals surface area contributed by atoms with E-state index in [1.54, 1.807) is 17.8 Å². The van der Waals surface area contributed by atoms with Gasteiger partial charge in [0.25, 0.3) is 0 Å². The summed E-state index contributed by atoms with van der Waals surface area (Å²) in [5.74, 6) is 1.45. The lowest BCUT2D eigenvalue weighted by Crippen LogP contribution is -2.36. The second-order valence-corrected chi connectivity index (χ2v) is 6.64. The van der Waals surface area contributed by atoms with Gasteiger partial charge in [0.15, 0.2) is 5.17 Å². The number of benzene rings is 1. The van der Waals surface area contributed by atoms with E-state index in [2.05, 4.69) is 10.0 Å². The summed E-state index contributed by atoms with van der Waals surface area (Å²) in [7, 11) is 0. The molecule has 1 aromatic rings. The third kappa shape index (κ3) is 2.24. The van der Waals surface area contributed by atoms with Crippen molar-refractivity contribution in [2.75, 3.05) is 5.75 Å². The van der Waals surface area contributed by atoms with Crippen LogP contribution in [0.4, 0.5) is 5.69 Å². The van der Waals surface area contributed by atoms with E-state index in [0.717, 1.165) is 30.6 Å². The second-order valence-electron chi connectivity index (χ2n) is 5.16. The van der Waals surface area contributed by atoms with Crippen LogP contribution in [-0.4, -0.2) is 10.9 Å². The molecular formula is C13H14ClN5S. The summed E-state index contributed by atoms with van der Waals surface area (Å²) in [6.07, 6.45) is 3.24. The van der Waals surface area contributed by atoms with Crippen molar-refractivity contribution >= 4 is 34.2 Å². The smallest absolute Gasteiger partial charge is 0.154 e. The Morgan fingerprint density at radius 3 is 3.15 bits per heavy atom. The van der Waals surface area contributed by atoms with Gasteiger partial charge in [-0.15, -0.1) is 0 Å². The highest BCUT2D eigenvalue weighted by Crippen LogP contribution is 2.51. The van der Waals surface area contributed by atoms with Crippen molar-refractivity contribution in [3.8, 4) is 0 Å². The third-order valence-electron chi connectivity index (χ3n) is 4.07. The van der Waals surface area contributed by atoms with Crippen molar-refractivity contribution in [2.45, 2.75) is 24.8 Å². The molecule has 1 heterocycles. The Hall–Kier alpha value is -1.36. The van der Waals surface area contributed by atoms with Crippen LogP contribution in [0.3, 0.4) is 0 Å². The first kappa shape index (κ1) is 13.6.